The Balaban J connectivity index is 1.43. The maximum Gasteiger partial charge on any atom is 0.261 e. The first-order valence-corrected chi connectivity index (χ1v) is 14.7. The minimum atomic E-state index is -3.83. The molecule has 4 aromatic carbocycles. The summed E-state index contributed by atoms with van der Waals surface area (Å²) < 4.78 is 55.7. The van der Waals surface area contributed by atoms with Gasteiger partial charge in [0.05, 0.1) is 15.5 Å². The molecule has 0 aliphatic carbocycles. The largest absolute Gasteiger partial charge is 0.322 e. The summed E-state index contributed by atoms with van der Waals surface area (Å²) in [6.45, 7) is 3.56. The number of carbonyl (C=O) groups excluding carboxylic acids is 1. The Morgan fingerprint density at radius 1 is 0.658 bits per heavy atom. The lowest BCUT2D eigenvalue weighted by atomic mass is 10.1. The summed E-state index contributed by atoms with van der Waals surface area (Å²) in [7, 11) is -7.62. The van der Waals surface area contributed by atoms with Gasteiger partial charge >= 0.3 is 0 Å². The van der Waals surface area contributed by atoms with Crippen LogP contribution in [0.1, 0.15) is 21.5 Å². The highest BCUT2D eigenvalue weighted by molar-refractivity contribution is 7.93. The molecule has 0 saturated carbocycles. The van der Waals surface area contributed by atoms with Gasteiger partial charge in [-0.25, -0.2) is 16.8 Å². The number of hydrogen-bond donors (Lipinski definition) is 3. The highest BCUT2D eigenvalue weighted by Crippen LogP contribution is 2.23. The van der Waals surface area contributed by atoms with Crippen molar-refractivity contribution in [2.24, 2.45) is 0 Å². The van der Waals surface area contributed by atoms with Gasteiger partial charge < -0.3 is 5.32 Å². The highest BCUT2D eigenvalue weighted by atomic mass is 35.5. The maximum atomic E-state index is 12.8. The molecular weight excluding hydrogens is 546 g/mol. The summed E-state index contributed by atoms with van der Waals surface area (Å²) in [4.78, 5) is 12.9. The first-order valence-electron chi connectivity index (χ1n) is 11.3. The van der Waals surface area contributed by atoms with Crippen LogP contribution in [0.4, 0.5) is 17.1 Å². The zero-order valence-electron chi connectivity index (χ0n) is 20.4. The average molecular weight is 570 g/mol. The maximum absolute atomic E-state index is 12.8. The number of halogens is 1. The first-order chi connectivity index (χ1) is 17.9. The van der Waals surface area contributed by atoms with Crippen LogP contribution in [0, 0.1) is 13.8 Å². The molecule has 0 fully saturated rings. The van der Waals surface area contributed by atoms with Gasteiger partial charge in [-0.1, -0.05) is 29.3 Å². The number of benzene rings is 4. The van der Waals surface area contributed by atoms with Crippen LogP contribution < -0.4 is 14.8 Å². The van der Waals surface area contributed by atoms with Crippen molar-refractivity contribution in [3.63, 3.8) is 0 Å². The Morgan fingerprint density at radius 3 is 1.76 bits per heavy atom. The number of amides is 1. The Hall–Kier alpha value is -3.86. The average Bonchev–Trinajstić information content (AvgIpc) is 2.87. The predicted octanol–water partition coefficient (Wildman–Crippen LogP) is 5.81. The van der Waals surface area contributed by atoms with E-state index in [0.717, 1.165) is 5.56 Å². The molecule has 0 bridgehead atoms. The summed E-state index contributed by atoms with van der Waals surface area (Å²) in [5, 5.41) is 3.20. The Morgan fingerprint density at radius 2 is 1.18 bits per heavy atom. The standard InChI is InChI=1S/C27H24ClN3O5S2/c1-18-3-12-24(13-4-18)38(35,36)31-26-16-5-20(17-19(26)2)27(32)29-22-10-14-25(15-11-22)37(33,34)30-23-8-6-21(28)7-9-23/h3-17,30-31H,1-2H3,(H,29,32). The van der Waals surface area contributed by atoms with Crippen LogP contribution in [0.2, 0.25) is 5.02 Å². The molecule has 0 spiro atoms. The molecular formula is C27H24ClN3O5S2. The smallest absolute Gasteiger partial charge is 0.261 e. The van der Waals surface area contributed by atoms with E-state index in [-0.39, 0.29) is 9.79 Å². The minimum Gasteiger partial charge on any atom is -0.322 e. The molecule has 0 saturated heterocycles. The quantitative estimate of drug-likeness (QED) is 0.247. The van der Waals surface area contributed by atoms with Crippen LogP contribution in [0.15, 0.2) is 101 Å². The van der Waals surface area contributed by atoms with E-state index in [9.17, 15) is 21.6 Å². The lowest BCUT2D eigenvalue weighted by molar-refractivity contribution is 0.102. The van der Waals surface area contributed by atoms with Crippen LogP contribution >= 0.6 is 11.6 Å². The molecule has 0 atom stereocenters. The third-order valence-corrected chi connectivity index (χ3v) is 8.61. The highest BCUT2D eigenvalue weighted by Gasteiger charge is 2.17. The van der Waals surface area contributed by atoms with Crippen molar-refractivity contribution < 1.29 is 21.6 Å². The fourth-order valence-corrected chi connectivity index (χ4v) is 5.81. The van der Waals surface area contributed by atoms with E-state index in [1.54, 1.807) is 49.4 Å². The number of carbonyl (C=O) groups is 1. The number of rotatable bonds is 8. The normalized spacial score (nSPS) is 11.6. The fraction of sp³-hybridized carbons (Fsp3) is 0.0741. The van der Waals surface area contributed by atoms with Crippen molar-refractivity contribution in [1.29, 1.82) is 0 Å². The fourth-order valence-electron chi connectivity index (χ4n) is 3.49. The van der Waals surface area contributed by atoms with Crippen molar-refractivity contribution in [1.82, 2.24) is 0 Å². The van der Waals surface area contributed by atoms with Crippen molar-refractivity contribution in [2.75, 3.05) is 14.8 Å². The van der Waals surface area contributed by atoms with Crippen LogP contribution in [0.25, 0.3) is 0 Å². The van der Waals surface area contributed by atoms with Gasteiger partial charge in [0, 0.05) is 22.0 Å². The third-order valence-electron chi connectivity index (χ3n) is 5.58. The predicted molar refractivity (Wildman–Crippen MR) is 150 cm³/mol. The molecule has 0 unspecified atom stereocenters. The Labute approximate surface area is 226 Å². The lowest BCUT2D eigenvalue weighted by Gasteiger charge is -2.13. The molecule has 0 aliphatic rings. The van der Waals surface area contributed by atoms with E-state index in [0.29, 0.717) is 33.2 Å². The summed E-state index contributed by atoms with van der Waals surface area (Å²) in [6.07, 6.45) is 0. The zero-order valence-corrected chi connectivity index (χ0v) is 22.8. The van der Waals surface area contributed by atoms with Crippen LogP contribution in [0.5, 0.6) is 0 Å². The van der Waals surface area contributed by atoms with Gasteiger partial charge in [0.1, 0.15) is 0 Å². The van der Waals surface area contributed by atoms with Gasteiger partial charge in [-0.3, -0.25) is 14.2 Å². The van der Waals surface area contributed by atoms with Gasteiger partial charge in [0.15, 0.2) is 0 Å². The molecule has 8 nitrogen and oxygen atoms in total. The van der Waals surface area contributed by atoms with Crippen molar-refractivity contribution >= 4 is 54.6 Å². The summed E-state index contributed by atoms with van der Waals surface area (Å²) in [5.41, 5.74) is 2.92. The molecule has 11 heteroatoms. The van der Waals surface area contributed by atoms with Crippen LogP contribution in [0.3, 0.4) is 0 Å². The molecule has 0 heterocycles. The van der Waals surface area contributed by atoms with E-state index < -0.39 is 26.0 Å². The van der Waals surface area contributed by atoms with Crippen LogP contribution in [-0.4, -0.2) is 22.7 Å². The van der Waals surface area contributed by atoms with Gasteiger partial charge in [-0.2, -0.15) is 0 Å². The molecule has 4 aromatic rings. The SMILES string of the molecule is Cc1ccc(S(=O)(=O)Nc2ccc(C(=O)Nc3ccc(S(=O)(=O)Nc4ccc(Cl)cc4)cc3)cc2C)cc1. The second-order valence-electron chi connectivity index (χ2n) is 8.54. The molecule has 4 rings (SSSR count). The van der Waals surface area contributed by atoms with Crippen molar-refractivity contribution in [3.8, 4) is 0 Å². The minimum absolute atomic E-state index is 0.0199. The monoisotopic (exact) mass is 569 g/mol. The van der Waals surface area contributed by atoms with Crippen LogP contribution in [-0.2, 0) is 20.0 Å². The number of anilines is 3. The molecule has 0 aromatic heterocycles. The van der Waals surface area contributed by atoms with E-state index in [1.807, 2.05) is 6.92 Å². The number of sulfonamides is 2. The number of aryl methyl sites for hydroxylation is 2. The molecule has 3 N–H and O–H groups in total. The Bertz CT molecular complexity index is 1690. The number of hydrogen-bond acceptors (Lipinski definition) is 5. The lowest BCUT2D eigenvalue weighted by Crippen LogP contribution is -2.16. The Kier molecular flexibility index (Phi) is 7.77. The topological polar surface area (TPSA) is 121 Å². The zero-order chi connectivity index (χ0) is 27.5. The van der Waals surface area contributed by atoms with E-state index in [2.05, 4.69) is 14.8 Å². The summed E-state index contributed by atoms with van der Waals surface area (Å²) in [6, 6.07) is 23.0. The summed E-state index contributed by atoms with van der Waals surface area (Å²) >= 11 is 5.83. The summed E-state index contributed by atoms with van der Waals surface area (Å²) in [5.74, 6) is -0.434. The van der Waals surface area contributed by atoms with Crippen molar-refractivity contribution in [2.45, 2.75) is 23.6 Å². The molecule has 196 valence electrons. The molecule has 38 heavy (non-hydrogen) atoms. The van der Waals surface area contributed by atoms with E-state index in [4.69, 9.17) is 11.6 Å². The molecule has 1 amide bonds. The van der Waals surface area contributed by atoms with E-state index >= 15 is 0 Å². The van der Waals surface area contributed by atoms with Gasteiger partial charge in [-0.05, 0) is 98.3 Å². The third kappa shape index (κ3) is 6.52. The van der Waals surface area contributed by atoms with Crippen molar-refractivity contribution in [3.05, 3.63) is 113 Å². The van der Waals surface area contributed by atoms with Gasteiger partial charge in [-0.15, -0.1) is 0 Å². The second-order valence-corrected chi connectivity index (χ2v) is 12.3. The van der Waals surface area contributed by atoms with Gasteiger partial charge in [0.25, 0.3) is 26.0 Å². The first kappa shape index (κ1) is 27.2. The molecule has 0 radical (unpaired) electrons. The second kappa shape index (κ2) is 10.9. The van der Waals surface area contributed by atoms with E-state index in [1.165, 1.54) is 48.5 Å². The molecule has 0 aliphatic heterocycles. The number of nitrogens with one attached hydrogen (secondary N) is 3. The van der Waals surface area contributed by atoms with Gasteiger partial charge in [0.2, 0.25) is 0 Å².